The molecule has 0 fully saturated rings. The lowest BCUT2D eigenvalue weighted by molar-refractivity contribution is -0.143. The van der Waals surface area contributed by atoms with E-state index in [2.05, 4.69) is 19.2 Å². The highest BCUT2D eigenvalue weighted by molar-refractivity contribution is 5.94. The molecule has 1 aromatic carbocycles. The van der Waals surface area contributed by atoms with E-state index in [1.165, 1.54) is 12.1 Å². The molecule has 1 amide bonds. The van der Waals surface area contributed by atoms with Gasteiger partial charge in [0.05, 0.1) is 18.6 Å². The van der Waals surface area contributed by atoms with Crippen LogP contribution in [0.4, 0.5) is 13.2 Å². The molecular formula is C17H22F3NO3. The summed E-state index contributed by atoms with van der Waals surface area (Å²) in [6.07, 6.45) is -2.79. The van der Waals surface area contributed by atoms with Gasteiger partial charge in [-0.3, -0.25) is 9.59 Å². The van der Waals surface area contributed by atoms with Gasteiger partial charge in [-0.15, -0.1) is 0 Å². The zero-order valence-electron chi connectivity index (χ0n) is 13.8. The molecule has 0 aromatic heterocycles. The van der Waals surface area contributed by atoms with Crippen LogP contribution in [0, 0.1) is 5.92 Å². The third-order valence-electron chi connectivity index (χ3n) is 3.26. The molecule has 134 valence electrons. The van der Waals surface area contributed by atoms with Crippen LogP contribution in [0.15, 0.2) is 24.3 Å². The Labute approximate surface area is 139 Å². The molecule has 1 rings (SSSR count). The van der Waals surface area contributed by atoms with Crippen molar-refractivity contribution in [2.24, 2.45) is 5.92 Å². The molecule has 7 heteroatoms. The first kappa shape index (κ1) is 20.0. The summed E-state index contributed by atoms with van der Waals surface area (Å²) < 4.78 is 42.8. The number of hydrogen-bond acceptors (Lipinski definition) is 3. The summed E-state index contributed by atoms with van der Waals surface area (Å²) in [5.41, 5.74) is -0.991. The number of alkyl halides is 3. The quantitative estimate of drug-likeness (QED) is 0.576. The van der Waals surface area contributed by atoms with Gasteiger partial charge in [0.2, 0.25) is 0 Å². The Morgan fingerprint density at radius 3 is 2.58 bits per heavy atom. The topological polar surface area (TPSA) is 55.4 Å². The summed E-state index contributed by atoms with van der Waals surface area (Å²) in [6.45, 7) is 4.49. The molecule has 0 aliphatic rings. The summed E-state index contributed by atoms with van der Waals surface area (Å²) in [6, 6.07) is 4.13. The molecule has 0 heterocycles. The van der Waals surface area contributed by atoms with Crippen molar-refractivity contribution in [1.29, 1.82) is 0 Å². The first-order valence-corrected chi connectivity index (χ1v) is 7.81. The van der Waals surface area contributed by atoms with Gasteiger partial charge >= 0.3 is 12.1 Å². The molecule has 0 radical (unpaired) electrons. The molecule has 0 bridgehead atoms. The molecule has 24 heavy (non-hydrogen) atoms. The molecule has 4 nitrogen and oxygen atoms in total. The van der Waals surface area contributed by atoms with Crippen LogP contribution in [0.5, 0.6) is 0 Å². The van der Waals surface area contributed by atoms with Gasteiger partial charge in [0.1, 0.15) is 0 Å². The van der Waals surface area contributed by atoms with Crippen LogP contribution >= 0.6 is 0 Å². The van der Waals surface area contributed by atoms with Gasteiger partial charge < -0.3 is 10.1 Å². The Bertz CT molecular complexity index is 556. The first-order valence-electron chi connectivity index (χ1n) is 7.81. The van der Waals surface area contributed by atoms with Crippen molar-refractivity contribution in [3.8, 4) is 0 Å². The minimum Gasteiger partial charge on any atom is -0.466 e. The molecule has 0 aliphatic carbocycles. The Kier molecular flexibility index (Phi) is 7.74. The average molecular weight is 345 g/mol. The molecule has 1 N–H and O–H groups in total. The lowest BCUT2D eigenvalue weighted by atomic mass is 10.1. The number of esters is 1. The van der Waals surface area contributed by atoms with Gasteiger partial charge in [0.15, 0.2) is 0 Å². The fourth-order valence-corrected chi connectivity index (χ4v) is 1.97. The van der Waals surface area contributed by atoms with E-state index < -0.39 is 23.6 Å². The maximum absolute atomic E-state index is 12.6. The Morgan fingerprint density at radius 1 is 1.25 bits per heavy atom. The van der Waals surface area contributed by atoms with E-state index in [9.17, 15) is 22.8 Å². The fourth-order valence-electron chi connectivity index (χ4n) is 1.97. The van der Waals surface area contributed by atoms with Crippen LogP contribution in [-0.4, -0.2) is 25.0 Å². The number of benzene rings is 1. The third kappa shape index (κ3) is 7.48. The van der Waals surface area contributed by atoms with Crippen molar-refractivity contribution in [3.05, 3.63) is 35.4 Å². The highest BCUT2D eigenvalue weighted by atomic mass is 19.4. The predicted octanol–water partition coefficient (Wildman–Crippen LogP) is 3.80. The van der Waals surface area contributed by atoms with Gasteiger partial charge in [0, 0.05) is 12.1 Å². The van der Waals surface area contributed by atoms with E-state index in [1.54, 1.807) is 0 Å². The summed E-state index contributed by atoms with van der Waals surface area (Å²) >= 11 is 0. The largest absolute Gasteiger partial charge is 0.466 e. The number of rotatable bonds is 8. The zero-order chi connectivity index (χ0) is 18.2. The second-order valence-corrected chi connectivity index (χ2v) is 5.84. The predicted molar refractivity (Wildman–Crippen MR) is 83.4 cm³/mol. The monoisotopic (exact) mass is 345 g/mol. The fraction of sp³-hybridized carbons (Fsp3) is 0.529. The van der Waals surface area contributed by atoms with Crippen molar-refractivity contribution < 1.29 is 27.5 Å². The minimum absolute atomic E-state index is 0.0120. The standard InChI is InChI=1S/C17H22F3NO3/c1-12(2)5-4-10-24-15(22)8-9-21-16(23)13-6-3-7-14(11-13)17(18,19)20/h3,6-7,11-12H,4-5,8-10H2,1-2H3,(H,21,23). The zero-order valence-corrected chi connectivity index (χ0v) is 13.8. The van der Waals surface area contributed by atoms with Crippen molar-refractivity contribution in [2.45, 2.75) is 39.3 Å². The molecule has 1 aromatic rings. The van der Waals surface area contributed by atoms with Gasteiger partial charge in [-0.25, -0.2) is 0 Å². The van der Waals surface area contributed by atoms with E-state index in [4.69, 9.17) is 4.74 Å². The van der Waals surface area contributed by atoms with E-state index >= 15 is 0 Å². The molecule has 0 saturated carbocycles. The van der Waals surface area contributed by atoms with Crippen molar-refractivity contribution >= 4 is 11.9 Å². The summed E-state index contributed by atoms with van der Waals surface area (Å²) in [5, 5.41) is 2.41. The maximum Gasteiger partial charge on any atom is 0.416 e. The van der Waals surface area contributed by atoms with Gasteiger partial charge in [-0.05, 0) is 37.0 Å². The van der Waals surface area contributed by atoms with Crippen LogP contribution in [0.3, 0.4) is 0 Å². The smallest absolute Gasteiger partial charge is 0.416 e. The molecular weight excluding hydrogens is 323 g/mol. The van der Waals surface area contributed by atoms with Crippen molar-refractivity contribution in [1.82, 2.24) is 5.32 Å². The lowest BCUT2D eigenvalue weighted by Gasteiger charge is -2.09. The van der Waals surface area contributed by atoms with Crippen molar-refractivity contribution in [2.75, 3.05) is 13.2 Å². The molecule has 0 spiro atoms. The van der Waals surface area contributed by atoms with Crippen LogP contribution < -0.4 is 5.32 Å². The highest BCUT2D eigenvalue weighted by Gasteiger charge is 2.30. The number of nitrogens with one attached hydrogen (secondary N) is 1. The average Bonchev–Trinajstić information content (AvgIpc) is 2.50. The van der Waals surface area contributed by atoms with Crippen LogP contribution in [-0.2, 0) is 15.7 Å². The molecule has 0 unspecified atom stereocenters. The summed E-state index contributed by atoms with van der Waals surface area (Å²) in [5.74, 6) is -0.563. The Morgan fingerprint density at radius 2 is 1.96 bits per heavy atom. The van der Waals surface area contributed by atoms with E-state index in [0.29, 0.717) is 12.5 Å². The molecule has 0 saturated heterocycles. The van der Waals surface area contributed by atoms with E-state index in [1.807, 2.05) is 0 Å². The number of amides is 1. The van der Waals surface area contributed by atoms with Crippen molar-refractivity contribution in [3.63, 3.8) is 0 Å². The number of carbonyl (C=O) groups is 2. The third-order valence-corrected chi connectivity index (χ3v) is 3.26. The van der Waals surface area contributed by atoms with Crippen LogP contribution in [0.1, 0.15) is 49.0 Å². The Balaban J connectivity index is 2.35. The highest BCUT2D eigenvalue weighted by Crippen LogP contribution is 2.29. The number of carbonyl (C=O) groups excluding carboxylic acids is 2. The van der Waals surface area contributed by atoms with Gasteiger partial charge in [-0.1, -0.05) is 19.9 Å². The lowest BCUT2D eigenvalue weighted by Crippen LogP contribution is -2.27. The van der Waals surface area contributed by atoms with Gasteiger partial charge in [-0.2, -0.15) is 13.2 Å². The second-order valence-electron chi connectivity index (χ2n) is 5.84. The number of halogens is 3. The SMILES string of the molecule is CC(C)CCCOC(=O)CCNC(=O)c1cccc(C(F)(F)F)c1. The number of hydrogen-bond donors (Lipinski definition) is 1. The number of ether oxygens (including phenoxy) is 1. The Hall–Kier alpha value is -2.05. The first-order chi connectivity index (χ1) is 11.2. The molecule has 0 atom stereocenters. The second kappa shape index (κ2) is 9.30. The van der Waals surface area contributed by atoms with E-state index in [-0.39, 0.29) is 18.5 Å². The van der Waals surface area contributed by atoms with Crippen LogP contribution in [0.2, 0.25) is 0 Å². The molecule has 0 aliphatic heterocycles. The minimum atomic E-state index is -4.50. The van der Waals surface area contributed by atoms with Gasteiger partial charge in [0.25, 0.3) is 5.91 Å². The van der Waals surface area contributed by atoms with E-state index in [0.717, 1.165) is 25.0 Å². The van der Waals surface area contributed by atoms with Crippen LogP contribution in [0.25, 0.3) is 0 Å². The summed E-state index contributed by atoms with van der Waals surface area (Å²) in [4.78, 5) is 23.3. The maximum atomic E-state index is 12.6. The normalized spacial score (nSPS) is 11.4. The summed E-state index contributed by atoms with van der Waals surface area (Å²) in [7, 11) is 0.